The first-order valence-corrected chi connectivity index (χ1v) is 9.29. The zero-order valence-electron chi connectivity index (χ0n) is 10.8. The molecule has 0 N–H and O–H groups in total. The summed E-state index contributed by atoms with van der Waals surface area (Å²) in [6, 6.07) is 3.35. The van der Waals surface area contributed by atoms with E-state index in [2.05, 4.69) is 25.9 Å². The molecule has 9 heteroatoms. The van der Waals surface area contributed by atoms with Crippen LogP contribution in [0.1, 0.15) is 6.42 Å². The molecule has 1 unspecified atom stereocenters. The Morgan fingerprint density at radius 3 is 2.90 bits per heavy atom. The molecule has 0 spiro atoms. The molecular weight excluding hydrogens is 378 g/mol. The normalized spacial score (nSPS) is 19.8. The van der Waals surface area contributed by atoms with Crippen molar-refractivity contribution >= 4 is 37.3 Å². The molecule has 112 valence electrons. The number of hydrogen-bond donors (Lipinski definition) is 0. The Morgan fingerprint density at radius 2 is 2.24 bits per heavy atom. The SMILES string of the molecule is O=S(=O)(c1ccc(Br)s1)N1CCC(Oc2cnccn2)C1. The zero-order chi connectivity index (χ0) is 14.9. The van der Waals surface area contributed by atoms with Gasteiger partial charge in [-0.3, -0.25) is 4.98 Å². The lowest BCUT2D eigenvalue weighted by atomic mass is 10.3. The first kappa shape index (κ1) is 14.9. The van der Waals surface area contributed by atoms with Gasteiger partial charge in [0.15, 0.2) is 0 Å². The maximum absolute atomic E-state index is 12.5. The molecule has 3 heterocycles. The largest absolute Gasteiger partial charge is 0.472 e. The fourth-order valence-electron chi connectivity index (χ4n) is 2.09. The van der Waals surface area contributed by atoms with Gasteiger partial charge in [0, 0.05) is 18.9 Å². The summed E-state index contributed by atoms with van der Waals surface area (Å²) in [6.07, 6.45) is 5.07. The lowest BCUT2D eigenvalue weighted by Gasteiger charge is -2.15. The highest BCUT2D eigenvalue weighted by Gasteiger charge is 2.34. The van der Waals surface area contributed by atoms with Crippen molar-refractivity contribution in [3.63, 3.8) is 0 Å². The second-order valence-corrected chi connectivity index (χ2v) is 9.12. The number of hydrogen-bond acceptors (Lipinski definition) is 6. The average molecular weight is 390 g/mol. The van der Waals surface area contributed by atoms with Crippen LogP contribution in [0.5, 0.6) is 5.88 Å². The molecule has 0 bridgehead atoms. The van der Waals surface area contributed by atoms with Gasteiger partial charge in [-0.25, -0.2) is 13.4 Å². The highest BCUT2D eigenvalue weighted by atomic mass is 79.9. The maximum atomic E-state index is 12.5. The molecule has 0 aromatic carbocycles. The van der Waals surface area contributed by atoms with Gasteiger partial charge < -0.3 is 4.74 Å². The monoisotopic (exact) mass is 389 g/mol. The third kappa shape index (κ3) is 3.25. The first-order chi connectivity index (χ1) is 10.1. The lowest BCUT2D eigenvalue weighted by molar-refractivity contribution is 0.206. The van der Waals surface area contributed by atoms with E-state index in [0.717, 1.165) is 3.79 Å². The van der Waals surface area contributed by atoms with E-state index in [-0.39, 0.29) is 6.10 Å². The van der Waals surface area contributed by atoms with E-state index in [1.54, 1.807) is 24.5 Å². The molecule has 1 aliphatic rings. The van der Waals surface area contributed by atoms with E-state index in [4.69, 9.17) is 4.74 Å². The van der Waals surface area contributed by atoms with Gasteiger partial charge in [-0.2, -0.15) is 4.31 Å². The van der Waals surface area contributed by atoms with Crippen LogP contribution in [0.15, 0.2) is 38.7 Å². The molecule has 1 atom stereocenters. The lowest BCUT2D eigenvalue weighted by Crippen LogP contribution is -2.30. The van der Waals surface area contributed by atoms with Gasteiger partial charge in [-0.05, 0) is 34.5 Å². The molecule has 6 nitrogen and oxygen atoms in total. The summed E-state index contributed by atoms with van der Waals surface area (Å²) in [7, 11) is -3.44. The second kappa shape index (κ2) is 5.99. The highest BCUT2D eigenvalue weighted by Crippen LogP contribution is 2.30. The second-order valence-electron chi connectivity index (χ2n) is 4.49. The number of nitrogens with zero attached hydrogens (tertiary/aromatic N) is 3. The molecular formula is C12H12BrN3O3S2. The molecule has 21 heavy (non-hydrogen) atoms. The van der Waals surface area contributed by atoms with Gasteiger partial charge in [0.25, 0.3) is 10.0 Å². The molecule has 1 fully saturated rings. The minimum Gasteiger partial charge on any atom is -0.472 e. The molecule has 2 aromatic rings. The molecule has 1 saturated heterocycles. The van der Waals surface area contributed by atoms with Gasteiger partial charge in [0.05, 0.1) is 16.5 Å². The molecule has 0 amide bonds. The Kier molecular flexibility index (Phi) is 4.25. The van der Waals surface area contributed by atoms with Gasteiger partial charge in [0.2, 0.25) is 5.88 Å². The minimum atomic E-state index is -3.44. The van der Waals surface area contributed by atoms with Crippen molar-refractivity contribution in [2.24, 2.45) is 0 Å². The number of thiophene rings is 1. The van der Waals surface area contributed by atoms with Crippen molar-refractivity contribution in [3.05, 3.63) is 34.5 Å². The van der Waals surface area contributed by atoms with Crippen molar-refractivity contribution < 1.29 is 13.2 Å². The number of rotatable bonds is 4. The Bertz CT molecular complexity index is 720. The predicted molar refractivity (Wildman–Crippen MR) is 81.8 cm³/mol. The van der Waals surface area contributed by atoms with Crippen molar-refractivity contribution in [1.82, 2.24) is 14.3 Å². The Labute approximate surface area is 135 Å². The van der Waals surface area contributed by atoms with Crippen LogP contribution in [0.2, 0.25) is 0 Å². The summed E-state index contributed by atoms with van der Waals surface area (Å²) in [6.45, 7) is 0.775. The summed E-state index contributed by atoms with van der Waals surface area (Å²) >= 11 is 4.50. The maximum Gasteiger partial charge on any atom is 0.252 e. The van der Waals surface area contributed by atoms with E-state index in [9.17, 15) is 8.42 Å². The van der Waals surface area contributed by atoms with Crippen LogP contribution < -0.4 is 4.74 Å². The number of sulfonamides is 1. The number of aromatic nitrogens is 2. The smallest absolute Gasteiger partial charge is 0.252 e. The van der Waals surface area contributed by atoms with Crippen LogP contribution in [-0.2, 0) is 10.0 Å². The van der Waals surface area contributed by atoms with Gasteiger partial charge in [-0.1, -0.05) is 0 Å². The Morgan fingerprint density at radius 1 is 1.38 bits per heavy atom. The van der Waals surface area contributed by atoms with Crippen molar-refractivity contribution in [2.45, 2.75) is 16.7 Å². The van der Waals surface area contributed by atoms with E-state index >= 15 is 0 Å². The first-order valence-electron chi connectivity index (χ1n) is 6.24. The molecule has 0 radical (unpaired) electrons. The van der Waals surface area contributed by atoms with Crippen LogP contribution in [0, 0.1) is 0 Å². The third-order valence-corrected chi connectivity index (χ3v) is 7.03. The summed E-state index contributed by atoms with van der Waals surface area (Å²) in [4.78, 5) is 7.96. The topological polar surface area (TPSA) is 72.4 Å². The van der Waals surface area contributed by atoms with Crippen LogP contribution >= 0.6 is 27.3 Å². The highest BCUT2D eigenvalue weighted by molar-refractivity contribution is 9.11. The fraction of sp³-hybridized carbons (Fsp3) is 0.333. The van der Waals surface area contributed by atoms with Crippen LogP contribution in [0.3, 0.4) is 0 Å². The standard InChI is InChI=1S/C12H12BrN3O3S2/c13-10-1-2-12(20-10)21(17,18)16-6-3-9(8-16)19-11-7-14-4-5-15-11/h1-2,4-5,7,9H,3,6,8H2. The number of halogens is 1. The average Bonchev–Trinajstić information content (AvgIpc) is 3.10. The fourth-order valence-corrected chi connectivity index (χ4v) is 5.74. The van der Waals surface area contributed by atoms with Crippen molar-refractivity contribution in [2.75, 3.05) is 13.1 Å². The van der Waals surface area contributed by atoms with Gasteiger partial charge in [-0.15, -0.1) is 11.3 Å². The third-order valence-electron chi connectivity index (χ3n) is 3.08. The summed E-state index contributed by atoms with van der Waals surface area (Å²) in [5.74, 6) is 0.417. The van der Waals surface area contributed by atoms with E-state index in [0.29, 0.717) is 29.6 Å². The summed E-state index contributed by atoms with van der Waals surface area (Å²) in [5.41, 5.74) is 0. The molecule has 2 aromatic heterocycles. The Balaban J connectivity index is 1.69. The van der Waals surface area contributed by atoms with Crippen molar-refractivity contribution in [3.8, 4) is 5.88 Å². The van der Waals surface area contributed by atoms with Crippen LogP contribution in [-0.4, -0.2) is 41.9 Å². The van der Waals surface area contributed by atoms with Crippen molar-refractivity contribution in [1.29, 1.82) is 0 Å². The predicted octanol–water partition coefficient (Wildman–Crippen LogP) is 2.14. The van der Waals surface area contributed by atoms with Gasteiger partial charge in [0.1, 0.15) is 10.3 Å². The van der Waals surface area contributed by atoms with E-state index in [1.165, 1.54) is 21.8 Å². The van der Waals surface area contributed by atoms with Crippen LogP contribution in [0.25, 0.3) is 0 Å². The molecule has 0 saturated carbocycles. The number of ether oxygens (including phenoxy) is 1. The zero-order valence-corrected chi connectivity index (χ0v) is 14.1. The van der Waals surface area contributed by atoms with E-state index < -0.39 is 10.0 Å². The quantitative estimate of drug-likeness (QED) is 0.800. The van der Waals surface area contributed by atoms with E-state index in [1.807, 2.05) is 0 Å². The Hall–Kier alpha value is -1.03. The minimum absolute atomic E-state index is 0.195. The molecule has 1 aliphatic heterocycles. The molecule has 0 aliphatic carbocycles. The van der Waals surface area contributed by atoms with Gasteiger partial charge >= 0.3 is 0 Å². The molecule has 3 rings (SSSR count). The van der Waals surface area contributed by atoms with Crippen LogP contribution in [0.4, 0.5) is 0 Å². The summed E-state index contributed by atoms with van der Waals surface area (Å²) in [5, 5.41) is 0. The summed E-state index contributed by atoms with van der Waals surface area (Å²) < 4.78 is 33.2.